The Hall–Kier alpha value is -0.710. The number of hydrogen-bond acceptors (Lipinski definition) is 1. The normalized spacial score (nSPS) is 16.2. The van der Waals surface area contributed by atoms with Crippen LogP contribution in [0.15, 0.2) is 35.2 Å². The zero-order valence-electron chi connectivity index (χ0n) is 12.1. The first-order valence-electron chi connectivity index (χ1n) is 5.86. The van der Waals surface area contributed by atoms with Crippen molar-refractivity contribution in [2.45, 2.75) is 0 Å². The standard InChI is InChI=1S/C12H25N4OP/c1-15(2,3)13-18(17,14-16(4,5)6)12-10-8-7-9-11-12/h7-11,13,17H,1-6H3/q+2. The molecule has 0 aromatic heterocycles. The van der Waals surface area contributed by atoms with Crippen molar-refractivity contribution >= 4 is 12.7 Å². The van der Waals surface area contributed by atoms with Gasteiger partial charge in [-0.15, -0.1) is 0 Å². The van der Waals surface area contributed by atoms with E-state index in [2.05, 4.69) is 10.1 Å². The minimum atomic E-state index is -2.75. The lowest BCUT2D eigenvalue weighted by atomic mass is 10.4. The first-order chi connectivity index (χ1) is 8.02. The molecule has 5 nitrogen and oxygen atoms in total. The monoisotopic (exact) mass is 272 g/mol. The number of nitrogens with zero attached hydrogens (tertiary/aromatic N) is 3. The van der Waals surface area contributed by atoms with Gasteiger partial charge >= 0.3 is 0 Å². The van der Waals surface area contributed by atoms with Crippen LogP contribution in [0.25, 0.3) is 0 Å². The maximum atomic E-state index is 11.0. The quantitative estimate of drug-likeness (QED) is 0.491. The SMILES string of the molecule is C[N+](C)(C)N=P(O)(N[N+](C)(C)C)c1ccccc1. The molecule has 0 aliphatic heterocycles. The summed E-state index contributed by atoms with van der Waals surface area (Å²) in [5, 5.41) is 4.07. The first-order valence-corrected chi connectivity index (χ1v) is 7.56. The third kappa shape index (κ3) is 4.88. The summed E-state index contributed by atoms with van der Waals surface area (Å²) < 4.78 is 0.800. The highest BCUT2D eigenvalue weighted by Gasteiger charge is 2.30. The molecule has 0 amide bonds. The fraction of sp³-hybridized carbons (Fsp3) is 0.500. The lowest BCUT2D eigenvalue weighted by Gasteiger charge is -2.31. The Kier molecular flexibility index (Phi) is 4.36. The first kappa shape index (κ1) is 15.3. The van der Waals surface area contributed by atoms with Gasteiger partial charge in [-0.05, 0) is 12.1 Å². The number of nitrogens with one attached hydrogen (secondary N) is 1. The van der Waals surface area contributed by atoms with E-state index in [-0.39, 0.29) is 0 Å². The van der Waals surface area contributed by atoms with Gasteiger partial charge in [-0.2, -0.15) is 0 Å². The van der Waals surface area contributed by atoms with E-state index >= 15 is 0 Å². The van der Waals surface area contributed by atoms with E-state index in [1.165, 1.54) is 0 Å². The summed E-state index contributed by atoms with van der Waals surface area (Å²) in [6, 6.07) is 9.60. The highest BCUT2D eigenvalue weighted by Crippen LogP contribution is 2.41. The van der Waals surface area contributed by atoms with Gasteiger partial charge in [-0.3, -0.25) is 0 Å². The van der Waals surface area contributed by atoms with Crippen molar-refractivity contribution in [3.8, 4) is 0 Å². The smallest absolute Gasteiger partial charge is 0.283 e. The van der Waals surface area contributed by atoms with Gasteiger partial charge in [0, 0.05) is 5.30 Å². The zero-order chi connectivity index (χ0) is 14.0. The molecule has 0 bridgehead atoms. The number of quaternary nitrogens is 2. The Balaban J connectivity index is 3.32. The second-order valence-corrected chi connectivity index (χ2v) is 8.18. The lowest BCUT2D eigenvalue weighted by molar-refractivity contribution is -0.903. The van der Waals surface area contributed by atoms with E-state index in [0.29, 0.717) is 9.18 Å². The maximum Gasteiger partial charge on any atom is 0.283 e. The molecule has 0 aliphatic rings. The Morgan fingerprint density at radius 1 is 1.00 bits per heavy atom. The molecule has 6 heteroatoms. The molecule has 18 heavy (non-hydrogen) atoms. The number of hydrogen-bond donors (Lipinski definition) is 2. The summed E-state index contributed by atoms with van der Waals surface area (Å²) in [7, 11) is 8.98. The summed E-state index contributed by atoms with van der Waals surface area (Å²) in [4.78, 5) is 15.5. The second-order valence-electron chi connectivity index (χ2n) is 6.08. The molecule has 0 aliphatic carbocycles. The van der Waals surface area contributed by atoms with Gasteiger partial charge in [0.15, 0.2) is 0 Å². The van der Waals surface area contributed by atoms with Gasteiger partial charge in [-0.1, -0.05) is 28.2 Å². The third-order valence-corrected chi connectivity index (χ3v) is 4.65. The summed E-state index contributed by atoms with van der Waals surface area (Å²) >= 11 is 0. The molecule has 0 heterocycles. The molecular formula is C12H25N4OP+2. The fourth-order valence-electron chi connectivity index (χ4n) is 1.57. The molecule has 2 N–H and O–H groups in total. The van der Waals surface area contributed by atoms with Crippen LogP contribution in [0.4, 0.5) is 0 Å². The average molecular weight is 272 g/mol. The summed E-state index contributed by atoms with van der Waals surface area (Å²) in [6.45, 7) is 0. The Morgan fingerprint density at radius 3 is 1.89 bits per heavy atom. The minimum absolute atomic E-state index is 0.353. The topological polar surface area (TPSA) is 44.6 Å². The van der Waals surface area contributed by atoms with Crippen LogP contribution < -0.4 is 10.5 Å². The van der Waals surface area contributed by atoms with E-state index in [1.54, 1.807) is 0 Å². The molecule has 0 spiro atoms. The van der Waals surface area contributed by atoms with Crippen LogP contribution >= 0.6 is 7.43 Å². The van der Waals surface area contributed by atoms with Crippen molar-refractivity contribution in [1.82, 2.24) is 5.20 Å². The molecule has 102 valence electrons. The molecular weight excluding hydrogens is 247 g/mol. The van der Waals surface area contributed by atoms with Gasteiger partial charge in [0.2, 0.25) is 0 Å². The van der Waals surface area contributed by atoms with E-state index in [0.717, 1.165) is 5.30 Å². The van der Waals surface area contributed by atoms with Gasteiger partial charge < -0.3 is 4.89 Å². The third-order valence-electron chi connectivity index (χ3n) is 1.95. The van der Waals surface area contributed by atoms with Crippen LogP contribution in [-0.4, -0.2) is 56.4 Å². The van der Waals surface area contributed by atoms with Crippen LogP contribution in [0, 0.1) is 0 Å². The summed E-state index contributed by atoms with van der Waals surface area (Å²) in [5.74, 6) is 0. The molecule has 0 saturated heterocycles. The van der Waals surface area contributed by atoms with Gasteiger partial charge in [0.05, 0.1) is 42.3 Å². The highest BCUT2D eigenvalue weighted by molar-refractivity contribution is 7.66. The molecule has 1 rings (SSSR count). The Bertz CT molecular complexity index is 445. The largest absolute Gasteiger partial charge is 0.339 e. The minimum Gasteiger partial charge on any atom is -0.339 e. The molecule has 1 unspecified atom stereocenters. The summed E-state index contributed by atoms with van der Waals surface area (Å²) in [5.41, 5.74) is 0. The van der Waals surface area contributed by atoms with Crippen molar-refractivity contribution in [2.24, 2.45) is 4.85 Å². The molecule has 0 saturated carbocycles. The predicted molar refractivity (Wildman–Crippen MR) is 76.8 cm³/mol. The molecule has 1 aromatic rings. The van der Waals surface area contributed by atoms with Crippen LogP contribution in [0.1, 0.15) is 0 Å². The lowest BCUT2D eigenvalue weighted by Crippen LogP contribution is -2.48. The van der Waals surface area contributed by atoms with E-state index in [4.69, 9.17) is 0 Å². The Morgan fingerprint density at radius 2 is 1.50 bits per heavy atom. The predicted octanol–water partition coefficient (Wildman–Crippen LogP) is 1.17. The van der Waals surface area contributed by atoms with Crippen LogP contribution in [0.3, 0.4) is 0 Å². The van der Waals surface area contributed by atoms with Crippen molar-refractivity contribution < 1.29 is 14.1 Å². The fourth-order valence-corrected chi connectivity index (χ4v) is 4.03. The Labute approximate surface area is 110 Å². The van der Waals surface area contributed by atoms with Crippen molar-refractivity contribution in [2.75, 3.05) is 42.3 Å². The van der Waals surface area contributed by atoms with Crippen molar-refractivity contribution in [3.05, 3.63) is 30.3 Å². The van der Waals surface area contributed by atoms with Crippen LogP contribution in [0.5, 0.6) is 0 Å². The van der Waals surface area contributed by atoms with E-state index in [1.807, 2.05) is 72.6 Å². The van der Waals surface area contributed by atoms with E-state index in [9.17, 15) is 4.89 Å². The van der Waals surface area contributed by atoms with Gasteiger partial charge in [0.25, 0.3) is 7.43 Å². The molecule has 0 fully saturated rings. The van der Waals surface area contributed by atoms with E-state index < -0.39 is 7.43 Å². The highest BCUT2D eigenvalue weighted by atomic mass is 31.2. The van der Waals surface area contributed by atoms with Crippen molar-refractivity contribution in [3.63, 3.8) is 0 Å². The number of benzene rings is 1. The molecule has 1 atom stereocenters. The zero-order valence-corrected chi connectivity index (χ0v) is 13.0. The molecule has 0 radical (unpaired) electrons. The molecule has 1 aromatic carbocycles. The summed E-state index contributed by atoms with van der Waals surface area (Å²) in [6.07, 6.45) is 0. The van der Waals surface area contributed by atoms with Gasteiger partial charge in [-0.25, -0.2) is 9.18 Å². The van der Waals surface area contributed by atoms with Crippen molar-refractivity contribution in [1.29, 1.82) is 0 Å². The van der Waals surface area contributed by atoms with Crippen LogP contribution in [0.2, 0.25) is 0 Å². The van der Waals surface area contributed by atoms with Crippen LogP contribution in [-0.2, 0) is 0 Å². The maximum absolute atomic E-state index is 11.0. The number of rotatable bonds is 4. The average Bonchev–Trinajstić information content (AvgIpc) is 2.13. The second kappa shape index (κ2) is 5.11. The van der Waals surface area contributed by atoms with Gasteiger partial charge in [0.1, 0.15) is 0 Å².